The molecule has 0 saturated carbocycles. The zero-order chi connectivity index (χ0) is 13.1. The molecule has 0 spiro atoms. The molecule has 0 aliphatic carbocycles. The van der Waals surface area contributed by atoms with Crippen molar-refractivity contribution in [3.05, 3.63) is 71.4 Å². The Bertz CT molecular complexity index is 659. The lowest BCUT2D eigenvalue weighted by atomic mass is 10.1. The van der Waals surface area contributed by atoms with Crippen LogP contribution in [0.1, 0.15) is 5.56 Å². The number of hydrogen-bond donors (Lipinski definition) is 0. The van der Waals surface area contributed by atoms with Crippen LogP contribution in [0.15, 0.2) is 60.8 Å². The number of rotatable bonds is 3. The normalized spacial score (nSPS) is 10.6. The van der Waals surface area contributed by atoms with Gasteiger partial charge in [0.25, 0.3) is 0 Å². The molecule has 0 radical (unpaired) electrons. The van der Waals surface area contributed by atoms with Crippen molar-refractivity contribution in [1.82, 2.24) is 15.0 Å². The van der Waals surface area contributed by atoms with E-state index in [0.29, 0.717) is 6.54 Å². The summed E-state index contributed by atoms with van der Waals surface area (Å²) in [5, 5.41) is 8.88. The molecular formula is C15H12ClN3. The number of aromatic nitrogens is 3. The fourth-order valence-corrected chi connectivity index (χ4v) is 2.10. The number of hydrogen-bond acceptors (Lipinski definition) is 2. The number of halogens is 1. The summed E-state index contributed by atoms with van der Waals surface area (Å²) in [7, 11) is 0. The van der Waals surface area contributed by atoms with Crippen molar-refractivity contribution in [2.75, 3.05) is 0 Å². The van der Waals surface area contributed by atoms with Gasteiger partial charge in [-0.15, -0.1) is 5.10 Å². The SMILES string of the molecule is Clc1ccc(Cn2nncc2-c2ccccc2)cc1. The second-order valence-corrected chi connectivity index (χ2v) is 4.71. The van der Waals surface area contributed by atoms with Crippen LogP contribution >= 0.6 is 11.6 Å². The highest BCUT2D eigenvalue weighted by molar-refractivity contribution is 6.30. The standard InChI is InChI=1S/C15H12ClN3/c16-14-8-6-12(7-9-14)11-19-15(10-17-18-19)13-4-2-1-3-5-13/h1-10H,11H2. The number of benzene rings is 2. The van der Waals surface area contributed by atoms with Crippen molar-refractivity contribution >= 4 is 11.6 Å². The van der Waals surface area contributed by atoms with Crippen LogP contribution in [0.2, 0.25) is 5.02 Å². The molecule has 0 aliphatic heterocycles. The molecule has 3 rings (SSSR count). The summed E-state index contributed by atoms with van der Waals surface area (Å²) in [4.78, 5) is 0. The molecule has 1 heterocycles. The van der Waals surface area contributed by atoms with Crippen LogP contribution in [0.5, 0.6) is 0 Å². The van der Waals surface area contributed by atoms with E-state index in [1.807, 2.05) is 47.1 Å². The van der Waals surface area contributed by atoms with Crippen molar-refractivity contribution in [3.8, 4) is 11.3 Å². The van der Waals surface area contributed by atoms with Gasteiger partial charge in [-0.1, -0.05) is 59.3 Å². The average molecular weight is 270 g/mol. The molecule has 3 nitrogen and oxygen atoms in total. The predicted molar refractivity (Wildman–Crippen MR) is 76.0 cm³/mol. The first-order valence-corrected chi connectivity index (χ1v) is 6.39. The average Bonchev–Trinajstić information content (AvgIpc) is 2.90. The van der Waals surface area contributed by atoms with Crippen molar-refractivity contribution in [2.24, 2.45) is 0 Å². The molecule has 0 fully saturated rings. The van der Waals surface area contributed by atoms with E-state index in [4.69, 9.17) is 11.6 Å². The summed E-state index contributed by atoms with van der Waals surface area (Å²) in [6, 6.07) is 17.9. The third-order valence-corrected chi connectivity index (χ3v) is 3.18. The van der Waals surface area contributed by atoms with Gasteiger partial charge in [0.05, 0.1) is 18.4 Å². The van der Waals surface area contributed by atoms with Crippen molar-refractivity contribution in [3.63, 3.8) is 0 Å². The molecular weight excluding hydrogens is 258 g/mol. The van der Waals surface area contributed by atoms with Gasteiger partial charge in [0.2, 0.25) is 0 Å². The molecule has 94 valence electrons. The Morgan fingerprint density at radius 1 is 0.947 bits per heavy atom. The molecule has 0 unspecified atom stereocenters. The Labute approximate surface area is 116 Å². The summed E-state index contributed by atoms with van der Waals surface area (Å²) in [6.07, 6.45) is 1.78. The molecule has 2 aromatic carbocycles. The first-order valence-electron chi connectivity index (χ1n) is 6.01. The lowest BCUT2D eigenvalue weighted by molar-refractivity contribution is 0.655. The summed E-state index contributed by atoms with van der Waals surface area (Å²) in [5.41, 5.74) is 3.27. The van der Waals surface area contributed by atoms with E-state index < -0.39 is 0 Å². The Kier molecular flexibility index (Phi) is 3.29. The minimum Gasteiger partial charge on any atom is -0.240 e. The Hall–Kier alpha value is -2.13. The Morgan fingerprint density at radius 2 is 1.68 bits per heavy atom. The minimum absolute atomic E-state index is 0.682. The van der Waals surface area contributed by atoms with E-state index in [1.165, 1.54) is 0 Å². The van der Waals surface area contributed by atoms with Crippen molar-refractivity contribution in [2.45, 2.75) is 6.54 Å². The summed E-state index contributed by atoms with van der Waals surface area (Å²) in [5.74, 6) is 0. The van der Waals surface area contributed by atoms with Crippen molar-refractivity contribution < 1.29 is 0 Å². The summed E-state index contributed by atoms with van der Waals surface area (Å²) >= 11 is 5.89. The summed E-state index contributed by atoms with van der Waals surface area (Å²) < 4.78 is 1.89. The lowest BCUT2D eigenvalue weighted by Crippen LogP contribution is -2.03. The molecule has 4 heteroatoms. The van der Waals surface area contributed by atoms with Crippen molar-refractivity contribution in [1.29, 1.82) is 0 Å². The van der Waals surface area contributed by atoms with Crippen LogP contribution in [0.4, 0.5) is 0 Å². The Morgan fingerprint density at radius 3 is 2.42 bits per heavy atom. The quantitative estimate of drug-likeness (QED) is 0.727. The molecule has 0 amide bonds. The van der Waals surface area contributed by atoms with Crippen LogP contribution in [-0.4, -0.2) is 15.0 Å². The van der Waals surface area contributed by atoms with E-state index >= 15 is 0 Å². The highest BCUT2D eigenvalue weighted by Crippen LogP contribution is 2.18. The minimum atomic E-state index is 0.682. The van der Waals surface area contributed by atoms with Crippen LogP contribution in [-0.2, 0) is 6.54 Å². The van der Waals surface area contributed by atoms with Gasteiger partial charge in [0.15, 0.2) is 0 Å². The third-order valence-electron chi connectivity index (χ3n) is 2.93. The highest BCUT2D eigenvalue weighted by atomic mass is 35.5. The third kappa shape index (κ3) is 2.66. The van der Waals surface area contributed by atoms with E-state index in [0.717, 1.165) is 21.8 Å². The maximum absolute atomic E-state index is 5.89. The van der Waals surface area contributed by atoms with Gasteiger partial charge in [-0.2, -0.15) is 0 Å². The van der Waals surface area contributed by atoms with Gasteiger partial charge < -0.3 is 0 Å². The van der Waals surface area contributed by atoms with E-state index in [1.54, 1.807) is 6.20 Å². The van der Waals surface area contributed by atoms with Gasteiger partial charge >= 0.3 is 0 Å². The predicted octanol–water partition coefficient (Wildman–Crippen LogP) is 3.65. The zero-order valence-corrected chi connectivity index (χ0v) is 11.0. The fourth-order valence-electron chi connectivity index (χ4n) is 1.97. The first kappa shape index (κ1) is 11.9. The lowest BCUT2D eigenvalue weighted by Gasteiger charge is -2.06. The van der Waals surface area contributed by atoms with Gasteiger partial charge in [-0.3, -0.25) is 0 Å². The topological polar surface area (TPSA) is 30.7 Å². The first-order chi connectivity index (χ1) is 9.33. The molecule has 3 aromatic rings. The van der Waals surface area contributed by atoms with Crippen LogP contribution < -0.4 is 0 Å². The van der Waals surface area contributed by atoms with Gasteiger partial charge in [-0.25, -0.2) is 4.68 Å². The van der Waals surface area contributed by atoms with E-state index in [2.05, 4.69) is 22.4 Å². The van der Waals surface area contributed by atoms with Gasteiger partial charge in [-0.05, 0) is 17.7 Å². The molecule has 0 N–H and O–H groups in total. The summed E-state index contributed by atoms with van der Waals surface area (Å²) in [6.45, 7) is 0.682. The molecule has 1 aromatic heterocycles. The molecule has 0 aliphatic rings. The fraction of sp³-hybridized carbons (Fsp3) is 0.0667. The second-order valence-electron chi connectivity index (χ2n) is 4.27. The van der Waals surface area contributed by atoms with Crippen LogP contribution in [0.3, 0.4) is 0 Å². The van der Waals surface area contributed by atoms with Crippen LogP contribution in [0, 0.1) is 0 Å². The molecule has 19 heavy (non-hydrogen) atoms. The molecule has 0 atom stereocenters. The monoisotopic (exact) mass is 269 g/mol. The highest BCUT2D eigenvalue weighted by Gasteiger charge is 2.06. The Balaban J connectivity index is 1.91. The van der Waals surface area contributed by atoms with E-state index in [-0.39, 0.29) is 0 Å². The largest absolute Gasteiger partial charge is 0.240 e. The maximum atomic E-state index is 5.89. The number of nitrogens with zero attached hydrogens (tertiary/aromatic N) is 3. The second kappa shape index (κ2) is 5.24. The van der Waals surface area contributed by atoms with E-state index in [9.17, 15) is 0 Å². The molecule has 0 saturated heterocycles. The smallest absolute Gasteiger partial charge is 0.0889 e. The van der Waals surface area contributed by atoms with Crippen LogP contribution in [0.25, 0.3) is 11.3 Å². The maximum Gasteiger partial charge on any atom is 0.0889 e. The van der Waals surface area contributed by atoms with Gasteiger partial charge in [0, 0.05) is 10.6 Å². The van der Waals surface area contributed by atoms with Gasteiger partial charge in [0.1, 0.15) is 0 Å². The zero-order valence-electron chi connectivity index (χ0n) is 10.2. The molecule has 0 bridgehead atoms.